The van der Waals surface area contributed by atoms with E-state index in [0.717, 1.165) is 19.9 Å². The third-order valence-corrected chi connectivity index (χ3v) is 5.02. The number of nitrogens with one attached hydrogen (secondary N) is 1. The fourth-order valence-electron chi connectivity index (χ4n) is 1.65. The summed E-state index contributed by atoms with van der Waals surface area (Å²) in [6.07, 6.45) is 0. The molecule has 100 valence electrons. The van der Waals surface area contributed by atoms with Crippen molar-refractivity contribution >= 4 is 50.5 Å². The number of nitrogens with two attached hydrogens (primary N) is 1. The van der Waals surface area contributed by atoms with Crippen LogP contribution in [0.5, 0.6) is 0 Å². The normalized spacial score (nSPS) is 12.2. The zero-order valence-corrected chi connectivity index (χ0v) is 13.3. The van der Waals surface area contributed by atoms with Gasteiger partial charge in [-0.25, -0.2) is 0 Å². The Labute approximate surface area is 128 Å². The molecule has 0 saturated carbocycles. The minimum absolute atomic E-state index is 0.422. The van der Waals surface area contributed by atoms with Crippen LogP contribution in [0, 0.1) is 6.92 Å². The van der Waals surface area contributed by atoms with Crippen molar-refractivity contribution in [3.63, 3.8) is 0 Å². The first-order valence-corrected chi connectivity index (χ1v) is 7.53. The fraction of sp³-hybridized carbons (Fsp3) is 0.154. The smallest absolute Gasteiger partial charge is 0.245 e. The van der Waals surface area contributed by atoms with E-state index in [1.54, 1.807) is 12.1 Å². The molecule has 0 bridgehead atoms. The summed E-state index contributed by atoms with van der Waals surface area (Å²) in [7, 11) is 0. The maximum Gasteiger partial charge on any atom is 0.245 e. The van der Waals surface area contributed by atoms with Gasteiger partial charge in [0, 0.05) is 24.9 Å². The number of aryl methyl sites for hydroxylation is 1. The standard InChI is InChI=1S/C13H12BrClN2OS/c1-7-10(14)6-11(19-7)12(13(16)18)17-9-4-2-3-8(15)5-9/h2-6,12,17H,1H3,(H2,16,18). The third kappa shape index (κ3) is 3.49. The van der Waals surface area contributed by atoms with Gasteiger partial charge in [-0.1, -0.05) is 17.7 Å². The van der Waals surface area contributed by atoms with Crippen LogP contribution in [0.3, 0.4) is 0 Å². The van der Waals surface area contributed by atoms with Gasteiger partial charge in [0.2, 0.25) is 5.91 Å². The molecule has 0 aliphatic heterocycles. The van der Waals surface area contributed by atoms with Crippen LogP contribution < -0.4 is 11.1 Å². The van der Waals surface area contributed by atoms with Gasteiger partial charge in [0.15, 0.2) is 0 Å². The van der Waals surface area contributed by atoms with Gasteiger partial charge in [0.1, 0.15) is 6.04 Å². The lowest BCUT2D eigenvalue weighted by Gasteiger charge is -2.15. The van der Waals surface area contributed by atoms with E-state index in [1.807, 2.05) is 25.1 Å². The molecule has 0 aliphatic rings. The highest BCUT2D eigenvalue weighted by Crippen LogP contribution is 2.32. The Balaban J connectivity index is 2.29. The quantitative estimate of drug-likeness (QED) is 0.863. The van der Waals surface area contributed by atoms with E-state index < -0.39 is 11.9 Å². The topological polar surface area (TPSA) is 55.1 Å². The van der Waals surface area contributed by atoms with Gasteiger partial charge in [0.05, 0.1) is 0 Å². The van der Waals surface area contributed by atoms with Gasteiger partial charge in [-0.15, -0.1) is 11.3 Å². The first kappa shape index (κ1) is 14.4. The van der Waals surface area contributed by atoms with E-state index in [-0.39, 0.29) is 0 Å². The minimum Gasteiger partial charge on any atom is -0.369 e. The summed E-state index contributed by atoms with van der Waals surface area (Å²) in [5, 5.41) is 3.71. The van der Waals surface area contributed by atoms with Crippen LogP contribution in [0.15, 0.2) is 34.8 Å². The summed E-state index contributed by atoms with van der Waals surface area (Å²) in [5.74, 6) is -0.422. The van der Waals surface area contributed by atoms with E-state index in [1.165, 1.54) is 11.3 Å². The number of benzene rings is 1. The second-order valence-corrected chi connectivity index (χ2v) is 6.62. The second-order valence-electron chi connectivity index (χ2n) is 4.04. The Bertz CT molecular complexity index is 595. The van der Waals surface area contributed by atoms with Crippen LogP contribution in [-0.2, 0) is 4.79 Å². The molecule has 3 N–H and O–H groups in total. The lowest BCUT2D eigenvalue weighted by atomic mass is 10.2. The molecule has 0 aliphatic carbocycles. The van der Waals surface area contributed by atoms with Crippen LogP contribution in [0.2, 0.25) is 5.02 Å². The van der Waals surface area contributed by atoms with Crippen molar-refractivity contribution in [2.75, 3.05) is 5.32 Å². The molecule has 0 radical (unpaired) electrons. The summed E-state index contributed by atoms with van der Waals surface area (Å²) in [5.41, 5.74) is 6.23. The number of anilines is 1. The molecule has 1 aromatic carbocycles. The van der Waals surface area contributed by atoms with Crippen LogP contribution in [0.25, 0.3) is 0 Å². The SMILES string of the molecule is Cc1sc(C(Nc2cccc(Cl)c2)C(N)=O)cc1Br. The molecule has 6 heteroatoms. The lowest BCUT2D eigenvalue weighted by Crippen LogP contribution is -2.26. The molecular weight excluding hydrogens is 348 g/mol. The number of hydrogen-bond donors (Lipinski definition) is 2. The summed E-state index contributed by atoms with van der Waals surface area (Å²) in [4.78, 5) is 13.6. The van der Waals surface area contributed by atoms with E-state index in [0.29, 0.717) is 5.02 Å². The second kappa shape index (κ2) is 5.94. The van der Waals surface area contributed by atoms with Gasteiger partial charge in [-0.3, -0.25) is 4.79 Å². The Morgan fingerprint density at radius 1 is 1.47 bits per heavy atom. The third-order valence-electron chi connectivity index (χ3n) is 2.58. The van der Waals surface area contributed by atoms with Crippen LogP contribution in [0.1, 0.15) is 15.8 Å². The molecule has 19 heavy (non-hydrogen) atoms. The summed E-state index contributed by atoms with van der Waals surface area (Å²) < 4.78 is 0.978. The zero-order chi connectivity index (χ0) is 14.0. The van der Waals surface area contributed by atoms with Crippen molar-refractivity contribution < 1.29 is 4.79 Å². The minimum atomic E-state index is -0.562. The first-order chi connectivity index (χ1) is 8.97. The molecular formula is C13H12BrClN2OS. The van der Waals surface area contributed by atoms with Crippen LogP contribution in [-0.4, -0.2) is 5.91 Å². The predicted octanol–water partition coefficient (Wildman–Crippen LogP) is 4.11. The van der Waals surface area contributed by atoms with Crippen molar-refractivity contribution in [3.8, 4) is 0 Å². The molecule has 1 unspecified atom stereocenters. The first-order valence-electron chi connectivity index (χ1n) is 5.54. The average molecular weight is 360 g/mol. The van der Waals surface area contributed by atoms with Crippen LogP contribution in [0.4, 0.5) is 5.69 Å². The van der Waals surface area contributed by atoms with Crippen molar-refractivity contribution in [1.29, 1.82) is 0 Å². The van der Waals surface area contributed by atoms with Gasteiger partial charge >= 0.3 is 0 Å². The molecule has 3 nitrogen and oxygen atoms in total. The highest BCUT2D eigenvalue weighted by atomic mass is 79.9. The summed E-state index contributed by atoms with van der Waals surface area (Å²) in [6, 6.07) is 8.54. The van der Waals surface area contributed by atoms with E-state index in [2.05, 4.69) is 21.2 Å². The Morgan fingerprint density at radius 3 is 2.74 bits per heavy atom. The number of carbonyl (C=O) groups excluding carboxylic acids is 1. The van der Waals surface area contributed by atoms with E-state index in [9.17, 15) is 4.79 Å². The number of hydrogen-bond acceptors (Lipinski definition) is 3. The van der Waals surface area contributed by atoms with Crippen molar-refractivity contribution in [2.24, 2.45) is 5.73 Å². The molecule has 0 spiro atoms. The molecule has 1 heterocycles. The summed E-state index contributed by atoms with van der Waals surface area (Å²) in [6.45, 7) is 1.98. The number of halogens is 2. The number of thiophene rings is 1. The maximum atomic E-state index is 11.6. The zero-order valence-electron chi connectivity index (χ0n) is 10.1. The number of primary amides is 1. The largest absolute Gasteiger partial charge is 0.369 e. The Morgan fingerprint density at radius 2 is 2.21 bits per heavy atom. The number of amides is 1. The van der Waals surface area contributed by atoms with Crippen molar-refractivity contribution in [3.05, 3.63) is 49.6 Å². The fourth-order valence-corrected chi connectivity index (χ4v) is 3.46. The lowest BCUT2D eigenvalue weighted by molar-refractivity contribution is -0.118. The Hall–Kier alpha value is -1.04. The van der Waals surface area contributed by atoms with Gasteiger partial charge in [-0.2, -0.15) is 0 Å². The van der Waals surface area contributed by atoms with E-state index >= 15 is 0 Å². The number of rotatable bonds is 4. The van der Waals surface area contributed by atoms with Crippen molar-refractivity contribution in [1.82, 2.24) is 0 Å². The highest BCUT2D eigenvalue weighted by Gasteiger charge is 2.20. The molecule has 2 aromatic rings. The van der Waals surface area contributed by atoms with Crippen LogP contribution >= 0.6 is 38.9 Å². The van der Waals surface area contributed by atoms with Gasteiger partial charge in [0.25, 0.3) is 0 Å². The molecule has 1 aromatic heterocycles. The monoisotopic (exact) mass is 358 g/mol. The molecule has 1 atom stereocenters. The molecule has 0 saturated heterocycles. The summed E-state index contributed by atoms with van der Waals surface area (Å²) >= 11 is 10.9. The van der Waals surface area contributed by atoms with Gasteiger partial charge < -0.3 is 11.1 Å². The predicted molar refractivity (Wildman–Crippen MR) is 83.8 cm³/mol. The molecule has 1 amide bonds. The van der Waals surface area contributed by atoms with Gasteiger partial charge in [-0.05, 0) is 47.1 Å². The highest BCUT2D eigenvalue weighted by molar-refractivity contribution is 9.10. The van der Waals surface area contributed by atoms with Crippen molar-refractivity contribution in [2.45, 2.75) is 13.0 Å². The Kier molecular flexibility index (Phi) is 4.50. The van der Waals surface area contributed by atoms with E-state index in [4.69, 9.17) is 17.3 Å². The number of carbonyl (C=O) groups is 1. The maximum absolute atomic E-state index is 11.6. The average Bonchev–Trinajstić information content (AvgIpc) is 2.66. The molecule has 0 fully saturated rings. The molecule has 2 rings (SSSR count).